The van der Waals surface area contributed by atoms with E-state index in [1.54, 1.807) is 4.90 Å². The number of urea groups is 1. The SMILES string of the molecule is O=C(CN1C(=O)N[C@@H](Cc2ccccc2)C1=O)N1CCc2ccccc2C1. The lowest BCUT2D eigenvalue weighted by Gasteiger charge is -2.29. The zero-order valence-corrected chi connectivity index (χ0v) is 14.9. The van der Waals surface area contributed by atoms with Crippen LogP contribution in [-0.4, -0.2) is 46.8 Å². The van der Waals surface area contributed by atoms with E-state index >= 15 is 0 Å². The molecule has 2 aromatic carbocycles. The molecule has 2 aromatic rings. The molecule has 4 rings (SSSR count). The fraction of sp³-hybridized carbons (Fsp3) is 0.286. The van der Waals surface area contributed by atoms with Gasteiger partial charge in [0.1, 0.15) is 12.6 Å². The summed E-state index contributed by atoms with van der Waals surface area (Å²) in [5.74, 6) is -0.539. The van der Waals surface area contributed by atoms with Gasteiger partial charge in [-0.15, -0.1) is 0 Å². The van der Waals surface area contributed by atoms with E-state index in [2.05, 4.69) is 11.4 Å². The van der Waals surface area contributed by atoms with Gasteiger partial charge in [0.25, 0.3) is 5.91 Å². The Kier molecular flexibility index (Phi) is 4.62. The van der Waals surface area contributed by atoms with Gasteiger partial charge in [-0.05, 0) is 23.1 Å². The molecule has 0 aliphatic carbocycles. The number of carbonyl (C=O) groups excluding carboxylic acids is 3. The van der Waals surface area contributed by atoms with Gasteiger partial charge in [0.15, 0.2) is 0 Å². The third kappa shape index (κ3) is 3.56. The van der Waals surface area contributed by atoms with Crippen LogP contribution in [0.5, 0.6) is 0 Å². The van der Waals surface area contributed by atoms with Crippen molar-refractivity contribution in [1.29, 1.82) is 0 Å². The number of imide groups is 1. The largest absolute Gasteiger partial charge is 0.336 e. The first-order valence-corrected chi connectivity index (χ1v) is 9.12. The third-order valence-electron chi connectivity index (χ3n) is 5.17. The number of nitrogens with one attached hydrogen (secondary N) is 1. The van der Waals surface area contributed by atoms with Crippen molar-refractivity contribution in [3.8, 4) is 0 Å². The lowest BCUT2D eigenvalue weighted by molar-refractivity contribution is -0.138. The Balaban J connectivity index is 1.40. The van der Waals surface area contributed by atoms with Gasteiger partial charge in [0.05, 0.1) is 0 Å². The summed E-state index contributed by atoms with van der Waals surface area (Å²) in [6.45, 7) is 0.914. The molecular weight excluding hydrogens is 342 g/mol. The van der Waals surface area contributed by atoms with Crippen LogP contribution in [0, 0.1) is 0 Å². The van der Waals surface area contributed by atoms with Gasteiger partial charge in [-0.3, -0.25) is 14.5 Å². The molecule has 0 radical (unpaired) electrons. The average Bonchev–Trinajstić information content (AvgIpc) is 2.95. The molecule has 2 aliphatic rings. The lowest BCUT2D eigenvalue weighted by Crippen LogP contribution is -2.45. The quantitative estimate of drug-likeness (QED) is 0.841. The first-order chi connectivity index (χ1) is 13.1. The number of hydrogen-bond donors (Lipinski definition) is 1. The molecule has 0 saturated carbocycles. The maximum absolute atomic E-state index is 12.7. The number of benzene rings is 2. The highest BCUT2D eigenvalue weighted by Gasteiger charge is 2.39. The predicted molar refractivity (Wildman–Crippen MR) is 99.7 cm³/mol. The van der Waals surface area contributed by atoms with Crippen LogP contribution in [0.3, 0.4) is 0 Å². The maximum Gasteiger partial charge on any atom is 0.325 e. The molecule has 0 spiro atoms. The van der Waals surface area contributed by atoms with Crippen molar-refractivity contribution in [3.05, 3.63) is 71.3 Å². The lowest BCUT2D eigenvalue weighted by atomic mass is 10.00. The molecule has 138 valence electrons. The van der Waals surface area contributed by atoms with E-state index < -0.39 is 12.1 Å². The summed E-state index contributed by atoms with van der Waals surface area (Å²) in [5.41, 5.74) is 3.34. The summed E-state index contributed by atoms with van der Waals surface area (Å²) in [6.07, 6.45) is 1.21. The number of amides is 4. The summed E-state index contributed by atoms with van der Waals surface area (Å²) >= 11 is 0. The van der Waals surface area contributed by atoms with Crippen LogP contribution in [-0.2, 0) is 29.0 Å². The second-order valence-corrected chi connectivity index (χ2v) is 6.95. The summed E-state index contributed by atoms with van der Waals surface area (Å²) in [7, 11) is 0. The van der Waals surface area contributed by atoms with Crippen molar-refractivity contribution < 1.29 is 14.4 Å². The third-order valence-corrected chi connectivity index (χ3v) is 5.17. The minimum atomic E-state index is -0.616. The summed E-state index contributed by atoms with van der Waals surface area (Å²) in [5, 5.41) is 2.69. The van der Waals surface area contributed by atoms with Gasteiger partial charge in [-0.1, -0.05) is 54.6 Å². The van der Waals surface area contributed by atoms with Crippen LogP contribution in [0.1, 0.15) is 16.7 Å². The molecule has 1 N–H and O–H groups in total. The van der Waals surface area contributed by atoms with Crippen molar-refractivity contribution in [3.63, 3.8) is 0 Å². The van der Waals surface area contributed by atoms with E-state index in [1.165, 1.54) is 5.56 Å². The van der Waals surface area contributed by atoms with Crippen LogP contribution in [0.4, 0.5) is 4.79 Å². The van der Waals surface area contributed by atoms with Gasteiger partial charge < -0.3 is 10.2 Å². The van der Waals surface area contributed by atoms with Crippen LogP contribution in [0.25, 0.3) is 0 Å². The average molecular weight is 363 g/mol. The molecule has 6 heteroatoms. The monoisotopic (exact) mass is 363 g/mol. The molecule has 1 fully saturated rings. The molecular formula is C21H21N3O3. The number of rotatable bonds is 4. The molecule has 2 aliphatic heterocycles. The van der Waals surface area contributed by atoms with Crippen molar-refractivity contribution >= 4 is 17.8 Å². The Morgan fingerprint density at radius 2 is 1.70 bits per heavy atom. The first kappa shape index (κ1) is 17.3. The van der Waals surface area contributed by atoms with E-state index in [-0.39, 0.29) is 18.4 Å². The Hall–Kier alpha value is -3.15. The van der Waals surface area contributed by atoms with E-state index in [0.29, 0.717) is 19.5 Å². The van der Waals surface area contributed by atoms with E-state index in [0.717, 1.165) is 22.4 Å². The zero-order chi connectivity index (χ0) is 18.8. The minimum absolute atomic E-state index is 0.201. The molecule has 2 heterocycles. The molecule has 0 unspecified atom stereocenters. The molecule has 4 amide bonds. The molecule has 27 heavy (non-hydrogen) atoms. The van der Waals surface area contributed by atoms with E-state index in [1.807, 2.05) is 48.5 Å². The fourth-order valence-electron chi connectivity index (χ4n) is 3.66. The summed E-state index contributed by atoms with van der Waals surface area (Å²) in [6, 6.07) is 16.5. The standard InChI is InChI=1S/C21H21N3O3/c25-19(23-11-10-16-8-4-5-9-17(16)13-23)14-24-20(26)18(22-21(24)27)12-15-6-2-1-3-7-15/h1-9,18H,10-14H2,(H,22,27)/t18-/m0/s1. The highest BCUT2D eigenvalue weighted by atomic mass is 16.2. The van der Waals surface area contributed by atoms with E-state index in [9.17, 15) is 14.4 Å². The van der Waals surface area contributed by atoms with E-state index in [4.69, 9.17) is 0 Å². The first-order valence-electron chi connectivity index (χ1n) is 9.12. The topological polar surface area (TPSA) is 69.7 Å². The number of hydrogen-bond acceptors (Lipinski definition) is 3. The Bertz CT molecular complexity index is 881. The highest BCUT2D eigenvalue weighted by molar-refractivity contribution is 6.06. The van der Waals surface area contributed by atoms with Crippen molar-refractivity contribution in [1.82, 2.24) is 15.1 Å². The number of fused-ring (bicyclic) bond motifs is 1. The van der Waals surface area contributed by atoms with Crippen molar-refractivity contribution in [2.45, 2.75) is 25.4 Å². The Morgan fingerprint density at radius 3 is 2.48 bits per heavy atom. The van der Waals surface area contributed by atoms with Gasteiger partial charge >= 0.3 is 6.03 Å². The number of nitrogens with zero attached hydrogens (tertiary/aromatic N) is 2. The van der Waals surface area contributed by atoms with Crippen molar-refractivity contribution in [2.24, 2.45) is 0 Å². The Labute approximate surface area is 157 Å². The van der Waals surface area contributed by atoms with Crippen LogP contribution in [0.2, 0.25) is 0 Å². The molecule has 1 saturated heterocycles. The van der Waals surface area contributed by atoms with Gasteiger partial charge in [0.2, 0.25) is 5.91 Å². The number of carbonyl (C=O) groups is 3. The minimum Gasteiger partial charge on any atom is -0.336 e. The highest BCUT2D eigenvalue weighted by Crippen LogP contribution is 2.19. The molecule has 0 bridgehead atoms. The summed E-state index contributed by atoms with van der Waals surface area (Å²) in [4.78, 5) is 40.3. The maximum atomic E-state index is 12.7. The van der Waals surface area contributed by atoms with Gasteiger partial charge in [-0.25, -0.2) is 4.79 Å². The zero-order valence-electron chi connectivity index (χ0n) is 14.9. The predicted octanol–water partition coefficient (Wildman–Crippen LogP) is 1.73. The molecule has 1 atom stereocenters. The fourth-order valence-corrected chi connectivity index (χ4v) is 3.66. The van der Waals surface area contributed by atoms with Gasteiger partial charge in [-0.2, -0.15) is 0 Å². The van der Waals surface area contributed by atoms with Crippen LogP contribution in [0.15, 0.2) is 54.6 Å². The molecule has 0 aromatic heterocycles. The van der Waals surface area contributed by atoms with Crippen molar-refractivity contribution in [2.75, 3.05) is 13.1 Å². The van der Waals surface area contributed by atoms with Crippen LogP contribution >= 0.6 is 0 Å². The summed E-state index contributed by atoms with van der Waals surface area (Å²) < 4.78 is 0. The van der Waals surface area contributed by atoms with Gasteiger partial charge in [0, 0.05) is 19.5 Å². The normalized spacial score (nSPS) is 19.0. The second kappa shape index (κ2) is 7.23. The van der Waals surface area contributed by atoms with Crippen LogP contribution < -0.4 is 5.32 Å². The molecule has 6 nitrogen and oxygen atoms in total. The smallest absolute Gasteiger partial charge is 0.325 e. The Morgan fingerprint density at radius 1 is 1.00 bits per heavy atom. The second-order valence-electron chi connectivity index (χ2n) is 6.95.